The van der Waals surface area contributed by atoms with E-state index in [1.54, 1.807) is 0 Å². The van der Waals surface area contributed by atoms with Crippen molar-refractivity contribution in [3.8, 4) is 0 Å². The third-order valence-corrected chi connectivity index (χ3v) is 4.06. The maximum atomic E-state index is 2.39. The lowest BCUT2D eigenvalue weighted by Gasteiger charge is -2.29. The summed E-state index contributed by atoms with van der Waals surface area (Å²) in [6.45, 7) is 4.42. The Hall–Kier alpha value is -2.02. The van der Waals surface area contributed by atoms with Gasteiger partial charge in [0.25, 0.3) is 0 Å². The van der Waals surface area contributed by atoms with Crippen LogP contribution >= 0.6 is 0 Å². The minimum absolute atomic E-state index is 0.591. The van der Waals surface area contributed by atoms with Gasteiger partial charge in [0.1, 0.15) is 0 Å². The second-order valence-electron chi connectivity index (χ2n) is 5.79. The van der Waals surface area contributed by atoms with E-state index in [0.29, 0.717) is 5.92 Å². The zero-order chi connectivity index (χ0) is 14.1. The van der Waals surface area contributed by atoms with Crippen molar-refractivity contribution in [3.05, 3.63) is 71.3 Å². The van der Waals surface area contributed by atoms with Crippen LogP contribution in [0.3, 0.4) is 0 Å². The molecular formula is C19H21N. The number of benzene rings is 2. The van der Waals surface area contributed by atoms with Gasteiger partial charge >= 0.3 is 0 Å². The molecule has 1 nitrogen and oxygen atoms in total. The highest BCUT2D eigenvalue weighted by molar-refractivity contribution is 5.81. The molecule has 1 aliphatic carbocycles. The summed E-state index contributed by atoms with van der Waals surface area (Å²) in [6, 6.07) is 17.5. The normalized spacial score (nSPS) is 17.4. The molecule has 0 N–H and O–H groups in total. The summed E-state index contributed by atoms with van der Waals surface area (Å²) in [4.78, 5) is 2.30. The van der Waals surface area contributed by atoms with Gasteiger partial charge in [-0.05, 0) is 37.0 Å². The number of nitrogens with zero attached hydrogens (tertiary/aromatic N) is 1. The van der Waals surface area contributed by atoms with Crippen LogP contribution in [-0.4, -0.2) is 7.05 Å². The minimum Gasteiger partial charge on any atom is -0.344 e. The minimum atomic E-state index is 0.591. The second kappa shape index (κ2) is 5.16. The summed E-state index contributed by atoms with van der Waals surface area (Å²) in [6.07, 6.45) is 3.53. The first-order valence-corrected chi connectivity index (χ1v) is 7.25. The Morgan fingerprint density at radius 3 is 2.45 bits per heavy atom. The van der Waals surface area contributed by atoms with E-state index in [1.165, 1.54) is 28.1 Å². The number of rotatable bonds is 2. The highest BCUT2D eigenvalue weighted by Crippen LogP contribution is 2.33. The Labute approximate surface area is 121 Å². The molecule has 1 heteroatoms. The smallest absolute Gasteiger partial charge is 0.0446 e. The molecule has 1 aliphatic rings. The van der Waals surface area contributed by atoms with Gasteiger partial charge < -0.3 is 4.90 Å². The van der Waals surface area contributed by atoms with E-state index in [9.17, 15) is 0 Å². The topological polar surface area (TPSA) is 3.24 Å². The molecule has 0 fully saturated rings. The maximum Gasteiger partial charge on any atom is 0.0446 e. The number of aryl methyl sites for hydroxylation is 1. The monoisotopic (exact) mass is 263 g/mol. The van der Waals surface area contributed by atoms with Crippen LogP contribution in [0.4, 0.5) is 5.69 Å². The average molecular weight is 263 g/mol. The summed E-state index contributed by atoms with van der Waals surface area (Å²) in [5.41, 5.74) is 6.69. The van der Waals surface area contributed by atoms with E-state index in [-0.39, 0.29) is 0 Å². The summed E-state index contributed by atoms with van der Waals surface area (Å²) in [5.74, 6) is 0.591. The largest absolute Gasteiger partial charge is 0.344 e. The molecule has 102 valence electrons. The number of hydrogen-bond acceptors (Lipinski definition) is 1. The Balaban J connectivity index is 2.02. The van der Waals surface area contributed by atoms with Crippen LogP contribution in [0.15, 0.2) is 54.6 Å². The lowest BCUT2D eigenvalue weighted by Crippen LogP contribution is -2.20. The predicted octanol–water partition coefficient (Wildman–Crippen LogP) is 4.66. The molecule has 0 amide bonds. The van der Waals surface area contributed by atoms with Crippen LogP contribution in [0.25, 0.3) is 5.70 Å². The fourth-order valence-corrected chi connectivity index (χ4v) is 2.91. The molecule has 0 radical (unpaired) electrons. The van der Waals surface area contributed by atoms with Crippen LogP contribution in [0.5, 0.6) is 0 Å². The number of allylic oxidation sites excluding steroid dienone is 1. The lowest BCUT2D eigenvalue weighted by atomic mass is 9.88. The zero-order valence-electron chi connectivity index (χ0n) is 12.4. The van der Waals surface area contributed by atoms with Gasteiger partial charge in [0.15, 0.2) is 0 Å². The van der Waals surface area contributed by atoms with Gasteiger partial charge in [0, 0.05) is 24.0 Å². The first-order valence-electron chi connectivity index (χ1n) is 7.25. The quantitative estimate of drug-likeness (QED) is 0.761. The van der Waals surface area contributed by atoms with Gasteiger partial charge in [0.2, 0.25) is 0 Å². The summed E-state index contributed by atoms with van der Waals surface area (Å²) in [5, 5.41) is 0. The molecule has 0 saturated carbocycles. The molecular weight excluding hydrogens is 242 g/mol. The number of anilines is 1. The van der Waals surface area contributed by atoms with Gasteiger partial charge in [0.05, 0.1) is 0 Å². The Bertz CT molecular complexity index is 637. The third-order valence-electron chi connectivity index (χ3n) is 4.06. The fourth-order valence-electron chi connectivity index (χ4n) is 2.91. The van der Waals surface area contributed by atoms with Gasteiger partial charge in [-0.25, -0.2) is 0 Å². The zero-order valence-corrected chi connectivity index (χ0v) is 12.4. The average Bonchev–Trinajstić information content (AvgIpc) is 2.46. The Morgan fingerprint density at radius 1 is 1.00 bits per heavy atom. The second-order valence-corrected chi connectivity index (χ2v) is 5.79. The standard InChI is InChI=1S/C19H21N/c1-14-8-10-17(11-9-14)20(3)19-13-15(2)12-16-6-4-5-7-18(16)19/h4-11,13,15H,12H2,1-3H3. The summed E-state index contributed by atoms with van der Waals surface area (Å²) < 4.78 is 0. The van der Waals surface area contributed by atoms with E-state index < -0.39 is 0 Å². The molecule has 20 heavy (non-hydrogen) atoms. The molecule has 0 heterocycles. The molecule has 3 rings (SSSR count). The van der Waals surface area contributed by atoms with Crippen molar-refractivity contribution < 1.29 is 0 Å². The van der Waals surface area contributed by atoms with Gasteiger partial charge in [-0.2, -0.15) is 0 Å². The van der Waals surface area contributed by atoms with Gasteiger partial charge in [-0.3, -0.25) is 0 Å². The highest BCUT2D eigenvalue weighted by atomic mass is 15.1. The van der Waals surface area contributed by atoms with Crippen LogP contribution in [0, 0.1) is 12.8 Å². The first kappa shape index (κ1) is 13.0. The van der Waals surface area contributed by atoms with Crippen molar-refractivity contribution in [2.45, 2.75) is 20.3 Å². The number of hydrogen-bond donors (Lipinski definition) is 0. The van der Waals surface area contributed by atoms with Crippen molar-refractivity contribution in [3.63, 3.8) is 0 Å². The molecule has 1 unspecified atom stereocenters. The third kappa shape index (κ3) is 2.36. The Morgan fingerprint density at radius 2 is 1.70 bits per heavy atom. The molecule has 2 aromatic carbocycles. The van der Waals surface area contributed by atoms with E-state index in [4.69, 9.17) is 0 Å². The molecule has 1 atom stereocenters. The van der Waals surface area contributed by atoms with E-state index in [0.717, 1.165) is 6.42 Å². The molecule has 2 aromatic rings. The van der Waals surface area contributed by atoms with E-state index in [1.807, 2.05) is 0 Å². The molecule has 0 saturated heterocycles. The fraction of sp³-hybridized carbons (Fsp3) is 0.263. The molecule has 0 aromatic heterocycles. The van der Waals surface area contributed by atoms with Crippen LogP contribution in [0.2, 0.25) is 0 Å². The predicted molar refractivity (Wildman–Crippen MR) is 86.9 cm³/mol. The SMILES string of the molecule is Cc1ccc(N(C)C2=CC(C)Cc3ccccc32)cc1. The molecule has 0 bridgehead atoms. The molecule has 0 aliphatic heterocycles. The summed E-state index contributed by atoms with van der Waals surface area (Å²) >= 11 is 0. The van der Waals surface area contributed by atoms with E-state index >= 15 is 0 Å². The van der Waals surface area contributed by atoms with Crippen molar-refractivity contribution in [1.29, 1.82) is 0 Å². The van der Waals surface area contributed by atoms with Crippen molar-refractivity contribution >= 4 is 11.4 Å². The maximum absolute atomic E-state index is 2.39. The van der Waals surface area contributed by atoms with E-state index in [2.05, 4.69) is 80.4 Å². The summed E-state index contributed by atoms with van der Waals surface area (Å²) in [7, 11) is 2.16. The van der Waals surface area contributed by atoms with Gasteiger partial charge in [-0.15, -0.1) is 0 Å². The Kier molecular flexibility index (Phi) is 3.35. The van der Waals surface area contributed by atoms with Crippen molar-refractivity contribution in [1.82, 2.24) is 0 Å². The van der Waals surface area contributed by atoms with Crippen LogP contribution in [-0.2, 0) is 6.42 Å². The van der Waals surface area contributed by atoms with Crippen LogP contribution < -0.4 is 4.90 Å². The molecule has 0 spiro atoms. The van der Waals surface area contributed by atoms with Crippen LogP contribution in [0.1, 0.15) is 23.6 Å². The number of fused-ring (bicyclic) bond motifs is 1. The first-order chi connectivity index (χ1) is 9.65. The highest BCUT2D eigenvalue weighted by Gasteiger charge is 2.19. The lowest BCUT2D eigenvalue weighted by molar-refractivity contribution is 0.710. The van der Waals surface area contributed by atoms with Crippen molar-refractivity contribution in [2.75, 3.05) is 11.9 Å². The van der Waals surface area contributed by atoms with Crippen molar-refractivity contribution in [2.24, 2.45) is 5.92 Å². The van der Waals surface area contributed by atoms with Gasteiger partial charge in [-0.1, -0.05) is 55.0 Å².